The molecule has 0 bridgehead atoms. The van der Waals surface area contributed by atoms with Crippen LogP contribution in [0.15, 0.2) is 24.7 Å². The Morgan fingerprint density at radius 2 is 2.45 bits per heavy atom. The molecule has 0 aliphatic rings. The first-order valence-electron chi connectivity index (χ1n) is 3.25. The third-order valence-corrected chi connectivity index (χ3v) is 1.82. The summed E-state index contributed by atoms with van der Waals surface area (Å²) in [6, 6.07) is 3.84. The highest BCUT2D eigenvalue weighted by Gasteiger charge is 1.99. The molecule has 0 atom stereocenters. The van der Waals surface area contributed by atoms with Gasteiger partial charge in [0.25, 0.3) is 0 Å². The fourth-order valence-corrected chi connectivity index (χ4v) is 1.22. The summed E-state index contributed by atoms with van der Waals surface area (Å²) in [5, 5.41) is 3.97. The van der Waals surface area contributed by atoms with E-state index in [1.165, 1.54) is 6.33 Å². The Kier molecular flexibility index (Phi) is 1.51. The second kappa shape index (κ2) is 2.51. The standard InChI is InChI=1S/C7H6ClN3/c8-4-6-2-1-3-11-7(6)9-5-10-11/h1-3,5H,4H2. The van der Waals surface area contributed by atoms with Crippen molar-refractivity contribution >= 4 is 17.2 Å². The molecule has 2 aromatic heterocycles. The Hall–Kier alpha value is -1.09. The molecule has 0 unspecified atom stereocenters. The van der Waals surface area contributed by atoms with Crippen molar-refractivity contribution in [2.75, 3.05) is 0 Å². The van der Waals surface area contributed by atoms with Crippen LogP contribution in [0.25, 0.3) is 5.65 Å². The van der Waals surface area contributed by atoms with Gasteiger partial charge in [0.15, 0.2) is 5.65 Å². The van der Waals surface area contributed by atoms with Crippen molar-refractivity contribution in [2.24, 2.45) is 0 Å². The van der Waals surface area contributed by atoms with Crippen LogP contribution in [0.1, 0.15) is 5.56 Å². The monoisotopic (exact) mass is 167 g/mol. The zero-order valence-corrected chi connectivity index (χ0v) is 6.49. The zero-order chi connectivity index (χ0) is 7.68. The van der Waals surface area contributed by atoms with E-state index in [9.17, 15) is 0 Å². The Labute approximate surface area is 68.6 Å². The van der Waals surface area contributed by atoms with Gasteiger partial charge in [-0.1, -0.05) is 6.07 Å². The molecule has 0 N–H and O–H groups in total. The maximum absolute atomic E-state index is 5.68. The number of halogens is 1. The lowest BCUT2D eigenvalue weighted by Crippen LogP contribution is -1.89. The molecule has 0 radical (unpaired) electrons. The summed E-state index contributed by atoms with van der Waals surface area (Å²) in [5.41, 5.74) is 1.84. The first kappa shape index (κ1) is 6.61. The molecule has 0 aliphatic carbocycles. The van der Waals surface area contributed by atoms with Crippen LogP contribution >= 0.6 is 11.6 Å². The Morgan fingerprint density at radius 3 is 3.27 bits per heavy atom. The lowest BCUT2D eigenvalue weighted by atomic mass is 10.3. The van der Waals surface area contributed by atoms with Crippen molar-refractivity contribution in [1.82, 2.24) is 14.6 Å². The molecule has 0 amide bonds. The van der Waals surface area contributed by atoms with Gasteiger partial charge in [-0.25, -0.2) is 9.50 Å². The van der Waals surface area contributed by atoms with Gasteiger partial charge in [-0.15, -0.1) is 11.6 Å². The second-order valence-electron chi connectivity index (χ2n) is 2.20. The van der Waals surface area contributed by atoms with Gasteiger partial charge in [-0.2, -0.15) is 5.10 Å². The van der Waals surface area contributed by atoms with Gasteiger partial charge in [0, 0.05) is 11.8 Å². The molecule has 0 spiro atoms. The van der Waals surface area contributed by atoms with Gasteiger partial charge >= 0.3 is 0 Å². The molecular formula is C7H6ClN3. The number of aromatic nitrogens is 3. The average molecular weight is 168 g/mol. The lowest BCUT2D eigenvalue weighted by Gasteiger charge is -1.95. The predicted octanol–water partition coefficient (Wildman–Crippen LogP) is 1.47. The van der Waals surface area contributed by atoms with Gasteiger partial charge in [-0.05, 0) is 6.07 Å². The molecule has 0 aliphatic heterocycles. The fourth-order valence-electron chi connectivity index (χ4n) is 1.01. The van der Waals surface area contributed by atoms with E-state index in [4.69, 9.17) is 11.6 Å². The van der Waals surface area contributed by atoms with Crippen molar-refractivity contribution in [3.8, 4) is 0 Å². The van der Waals surface area contributed by atoms with Crippen LogP contribution < -0.4 is 0 Å². The predicted molar refractivity (Wildman–Crippen MR) is 42.5 cm³/mol. The summed E-state index contributed by atoms with van der Waals surface area (Å²) < 4.78 is 1.71. The normalized spacial score (nSPS) is 10.6. The maximum Gasteiger partial charge on any atom is 0.159 e. The van der Waals surface area contributed by atoms with Gasteiger partial charge in [0.2, 0.25) is 0 Å². The highest BCUT2D eigenvalue weighted by molar-refractivity contribution is 6.17. The van der Waals surface area contributed by atoms with E-state index in [1.54, 1.807) is 4.52 Å². The molecular weight excluding hydrogens is 162 g/mol. The number of hydrogen-bond acceptors (Lipinski definition) is 2. The van der Waals surface area contributed by atoms with Crippen molar-refractivity contribution in [3.05, 3.63) is 30.2 Å². The molecule has 0 saturated heterocycles. The molecule has 4 heteroatoms. The van der Waals surface area contributed by atoms with Crippen LogP contribution in [0.3, 0.4) is 0 Å². The van der Waals surface area contributed by atoms with Gasteiger partial charge < -0.3 is 0 Å². The van der Waals surface area contributed by atoms with E-state index < -0.39 is 0 Å². The van der Waals surface area contributed by atoms with Gasteiger partial charge in [0.05, 0.1) is 5.88 Å². The summed E-state index contributed by atoms with van der Waals surface area (Å²) in [4.78, 5) is 4.06. The van der Waals surface area contributed by atoms with Gasteiger partial charge in [0.1, 0.15) is 6.33 Å². The zero-order valence-electron chi connectivity index (χ0n) is 5.74. The minimum absolute atomic E-state index is 0.475. The second-order valence-corrected chi connectivity index (χ2v) is 2.46. The Morgan fingerprint density at radius 1 is 1.55 bits per heavy atom. The Bertz CT molecular complexity index is 368. The molecule has 0 fully saturated rings. The summed E-state index contributed by atoms with van der Waals surface area (Å²) in [5.74, 6) is 0.475. The van der Waals surface area contributed by atoms with Crippen LogP contribution in [0.2, 0.25) is 0 Å². The maximum atomic E-state index is 5.68. The summed E-state index contributed by atoms with van der Waals surface area (Å²) in [7, 11) is 0. The van der Waals surface area contributed by atoms with Crippen LogP contribution in [-0.2, 0) is 5.88 Å². The van der Waals surface area contributed by atoms with E-state index >= 15 is 0 Å². The minimum atomic E-state index is 0.475. The molecule has 3 nitrogen and oxygen atoms in total. The molecule has 2 heterocycles. The first-order valence-corrected chi connectivity index (χ1v) is 3.78. The van der Waals surface area contributed by atoms with E-state index in [2.05, 4.69) is 10.1 Å². The van der Waals surface area contributed by atoms with E-state index in [0.29, 0.717) is 5.88 Å². The topological polar surface area (TPSA) is 30.2 Å². The third kappa shape index (κ3) is 0.973. The van der Waals surface area contributed by atoms with Crippen LogP contribution in [0, 0.1) is 0 Å². The molecule has 2 rings (SSSR count). The van der Waals surface area contributed by atoms with Crippen LogP contribution in [0.4, 0.5) is 0 Å². The Balaban J connectivity index is 2.79. The first-order chi connectivity index (χ1) is 5.42. The summed E-state index contributed by atoms with van der Waals surface area (Å²) >= 11 is 5.68. The van der Waals surface area contributed by atoms with Crippen LogP contribution in [-0.4, -0.2) is 14.6 Å². The quantitative estimate of drug-likeness (QED) is 0.602. The molecule has 0 aromatic carbocycles. The number of hydrogen-bond donors (Lipinski definition) is 0. The number of alkyl halides is 1. The highest BCUT2D eigenvalue weighted by Crippen LogP contribution is 2.08. The van der Waals surface area contributed by atoms with Crippen molar-refractivity contribution in [1.29, 1.82) is 0 Å². The highest BCUT2D eigenvalue weighted by atomic mass is 35.5. The number of fused-ring (bicyclic) bond motifs is 1. The van der Waals surface area contributed by atoms with E-state index in [-0.39, 0.29) is 0 Å². The summed E-state index contributed by atoms with van der Waals surface area (Å²) in [6.45, 7) is 0. The SMILES string of the molecule is ClCc1cccn2ncnc12. The largest absolute Gasteiger partial charge is 0.221 e. The van der Waals surface area contributed by atoms with E-state index in [0.717, 1.165) is 11.2 Å². The third-order valence-electron chi connectivity index (χ3n) is 1.53. The minimum Gasteiger partial charge on any atom is -0.221 e. The molecule has 56 valence electrons. The van der Waals surface area contributed by atoms with Crippen molar-refractivity contribution in [2.45, 2.75) is 5.88 Å². The number of rotatable bonds is 1. The van der Waals surface area contributed by atoms with Crippen molar-refractivity contribution in [3.63, 3.8) is 0 Å². The lowest BCUT2D eigenvalue weighted by molar-refractivity contribution is 0.955. The molecule has 2 aromatic rings. The summed E-state index contributed by atoms with van der Waals surface area (Å²) in [6.07, 6.45) is 3.36. The number of nitrogens with zero attached hydrogens (tertiary/aromatic N) is 3. The van der Waals surface area contributed by atoms with Crippen molar-refractivity contribution < 1.29 is 0 Å². The average Bonchev–Trinajstić information content (AvgIpc) is 2.50. The van der Waals surface area contributed by atoms with Gasteiger partial charge in [-0.3, -0.25) is 0 Å². The van der Waals surface area contributed by atoms with Crippen LogP contribution in [0.5, 0.6) is 0 Å². The molecule has 0 saturated carbocycles. The molecule has 11 heavy (non-hydrogen) atoms. The fraction of sp³-hybridized carbons (Fsp3) is 0.143. The number of pyridine rings is 1. The van der Waals surface area contributed by atoms with E-state index in [1.807, 2.05) is 18.3 Å². The smallest absolute Gasteiger partial charge is 0.159 e.